The molecule has 0 radical (unpaired) electrons. The largest absolute Gasteiger partial charge is 0.492 e. The standard InChI is InChI=1S/C19H32N4O2.HI/c1-16(2)6-7-21-19(20)22-15-17-4-3-5-18(14-17)25-13-10-23-8-11-24-12-9-23;/h3-5,14,16H,6-13,15H2,1-2H3,(H3,20,21,22);1H. The Hall–Kier alpha value is -1.06. The molecule has 6 nitrogen and oxygen atoms in total. The minimum atomic E-state index is 0. The second-order valence-electron chi connectivity index (χ2n) is 6.76. The second-order valence-corrected chi connectivity index (χ2v) is 6.76. The van der Waals surface area contributed by atoms with Gasteiger partial charge in [-0.2, -0.15) is 0 Å². The minimum absolute atomic E-state index is 0. The van der Waals surface area contributed by atoms with Crippen molar-refractivity contribution in [2.45, 2.75) is 26.8 Å². The van der Waals surface area contributed by atoms with Crippen molar-refractivity contribution in [2.75, 3.05) is 46.0 Å². The quantitative estimate of drug-likeness (QED) is 0.326. The molecule has 0 bridgehead atoms. The smallest absolute Gasteiger partial charge is 0.188 e. The SMILES string of the molecule is CC(C)CCNC(N)=NCc1cccc(OCCN2CCOCC2)c1.I. The first kappa shape index (κ1) is 23.0. The van der Waals surface area contributed by atoms with Crippen LogP contribution in [-0.4, -0.2) is 56.9 Å². The summed E-state index contributed by atoms with van der Waals surface area (Å²) in [5.74, 6) is 2.04. The highest BCUT2D eigenvalue weighted by molar-refractivity contribution is 14.0. The summed E-state index contributed by atoms with van der Waals surface area (Å²) in [4.78, 5) is 6.75. The molecule has 0 atom stereocenters. The van der Waals surface area contributed by atoms with Crippen LogP contribution in [-0.2, 0) is 11.3 Å². The predicted molar refractivity (Wildman–Crippen MR) is 117 cm³/mol. The fraction of sp³-hybridized carbons (Fsp3) is 0.632. The highest BCUT2D eigenvalue weighted by Gasteiger charge is 2.09. The van der Waals surface area contributed by atoms with Crippen molar-refractivity contribution in [3.63, 3.8) is 0 Å². The Kier molecular flexibility index (Phi) is 11.6. The van der Waals surface area contributed by atoms with Gasteiger partial charge >= 0.3 is 0 Å². The number of morpholine rings is 1. The van der Waals surface area contributed by atoms with Gasteiger partial charge < -0.3 is 20.5 Å². The summed E-state index contributed by atoms with van der Waals surface area (Å²) >= 11 is 0. The third kappa shape index (κ3) is 9.59. The van der Waals surface area contributed by atoms with Gasteiger partial charge in [-0.25, -0.2) is 4.99 Å². The molecule has 0 aliphatic carbocycles. The van der Waals surface area contributed by atoms with E-state index in [0.29, 0.717) is 25.0 Å². The molecule has 1 aliphatic heterocycles. The Morgan fingerprint density at radius 3 is 2.85 bits per heavy atom. The summed E-state index contributed by atoms with van der Waals surface area (Å²) in [6.07, 6.45) is 1.09. The maximum atomic E-state index is 5.90. The summed E-state index contributed by atoms with van der Waals surface area (Å²) in [5, 5.41) is 3.15. The highest BCUT2D eigenvalue weighted by Crippen LogP contribution is 2.14. The molecule has 3 N–H and O–H groups in total. The normalized spacial score (nSPS) is 15.6. The number of halogens is 1. The molecular weight excluding hydrogens is 443 g/mol. The van der Waals surface area contributed by atoms with Crippen molar-refractivity contribution in [1.29, 1.82) is 0 Å². The highest BCUT2D eigenvalue weighted by atomic mass is 127. The third-order valence-corrected chi connectivity index (χ3v) is 4.14. The monoisotopic (exact) mass is 476 g/mol. The predicted octanol–water partition coefficient (Wildman–Crippen LogP) is 2.47. The number of guanidine groups is 1. The van der Waals surface area contributed by atoms with E-state index in [9.17, 15) is 0 Å². The van der Waals surface area contributed by atoms with Gasteiger partial charge in [0.1, 0.15) is 12.4 Å². The number of hydrogen-bond acceptors (Lipinski definition) is 4. The van der Waals surface area contributed by atoms with Crippen molar-refractivity contribution < 1.29 is 9.47 Å². The Labute approximate surface area is 174 Å². The van der Waals surface area contributed by atoms with Crippen LogP contribution in [0.3, 0.4) is 0 Å². The van der Waals surface area contributed by atoms with Crippen LogP contribution < -0.4 is 15.8 Å². The van der Waals surface area contributed by atoms with E-state index in [4.69, 9.17) is 15.2 Å². The molecule has 1 fully saturated rings. The van der Waals surface area contributed by atoms with E-state index < -0.39 is 0 Å². The molecule has 0 spiro atoms. The van der Waals surface area contributed by atoms with Gasteiger partial charge in [0.15, 0.2) is 5.96 Å². The van der Waals surface area contributed by atoms with E-state index in [2.05, 4.69) is 29.1 Å². The van der Waals surface area contributed by atoms with E-state index >= 15 is 0 Å². The first-order chi connectivity index (χ1) is 12.1. The fourth-order valence-electron chi connectivity index (χ4n) is 2.57. The number of nitrogens with zero attached hydrogens (tertiary/aromatic N) is 2. The van der Waals surface area contributed by atoms with Gasteiger partial charge in [-0.05, 0) is 30.0 Å². The topological polar surface area (TPSA) is 72.1 Å². The van der Waals surface area contributed by atoms with Crippen LogP contribution >= 0.6 is 24.0 Å². The van der Waals surface area contributed by atoms with Crippen LogP contribution in [0.25, 0.3) is 0 Å². The van der Waals surface area contributed by atoms with E-state index in [-0.39, 0.29) is 24.0 Å². The summed E-state index contributed by atoms with van der Waals surface area (Å²) in [5.41, 5.74) is 7.00. The van der Waals surface area contributed by atoms with Crippen LogP contribution in [0, 0.1) is 5.92 Å². The molecule has 7 heteroatoms. The zero-order valence-corrected chi connectivity index (χ0v) is 18.3. The summed E-state index contributed by atoms with van der Waals surface area (Å²) < 4.78 is 11.2. The Morgan fingerprint density at radius 2 is 2.12 bits per heavy atom. The van der Waals surface area contributed by atoms with E-state index in [1.54, 1.807) is 0 Å². The maximum Gasteiger partial charge on any atom is 0.188 e. The molecule has 148 valence electrons. The molecule has 0 amide bonds. The summed E-state index contributed by atoms with van der Waals surface area (Å²) in [7, 11) is 0. The van der Waals surface area contributed by atoms with E-state index in [0.717, 1.165) is 57.1 Å². The lowest BCUT2D eigenvalue weighted by Gasteiger charge is -2.26. The van der Waals surface area contributed by atoms with Crippen molar-refractivity contribution in [3.8, 4) is 5.75 Å². The van der Waals surface area contributed by atoms with Gasteiger partial charge in [0.05, 0.1) is 19.8 Å². The van der Waals surface area contributed by atoms with E-state index in [1.165, 1.54) is 0 Å². The van der Waals surface area contributed by atoms with Gasteiger partial charge in [0.2, 0.25) is 0 Å². The van der Waals surface area contributed by atoms with Crippen LogP contribution in [0.5, 0.6) is 5.75 Å². The number of rotatable bonds is 9. The maximum absolute atomic E-state index is 5.90. The number of hydrogen-bond donors (Lipinski definition) is 2. The Morgan fingerprint density at radius 1 is 1.35 bits per heavy atom. The first-order valence-corrected chi connectivity index (χ1v) is 9.19. The van der Waals surface area contributed by atoms with Crippen molar-refractivity contribution >= 4 is 29.9 Å². The number of ether oxygens (including phenoxy) is 2. The minimum Gasteiger partial charge on any atom is -0.492 e. The third-order valence-electron chi connectivity index (χ3n) is 4.14. The number of nitrogens with one attached hydrogen (secondary N) is 1. The second kappa shape index (κ2) is 13.2. The molecule has 1 aromatic rings. The zero-order chi connectivity index (χ0) is 17.9. The Balaban J connectivity index is 0.00000338. The van der Waals surface area contributed by atoms with Crippen molar-refractivity contribution in [1.82, 2.24) is 10.2 Å². The van der Waals surface area contributed by atoms with Gasteiger partial charge in [-0.1, -0.05) is 26.0 Å². The molecule has 26 heavy (non-hydrogen) atoms. The Bertz CT molecular complexity index is 534. The molecule has 1 aliphatic rings. The van der Waals surface area contributed by atoms with Gasteiger partial charge in [0, 0.05) is 26.2 Å². The lowest BCUT2D eigenvalue weighted by molar-refractivity contribution is 0.0322. The lowest BCUT2D eigenvalue weighted by atomic mass is 10.1. The number of benzene rings is 1. The molecule has 1 heterocycles. The van der Waals surface area contributed by atoms with Gasteiger partial charge in [-0.3, -0.25) is 4.90 Å². The van der Waals surface area contributed by atoms with Crippen LogP contribution in [0.15, 0.2) is 29.3 Å². The van der Waals surface area contributed by atoms with Gasteiger partial charge in [0.25, 0.3) is 0 Å². The van der Waals surface area contributed by atoms with Gasteiger partial charge in [-0.15, -0.1) is 24.0 Å². The average molecular weight is 476 g/mol. The van der Waals surface area contributed by atoms with Crippen LogP contribution in [0.4, 0.5) is 0 Å². The van der Waals surface area contributed by atoms with Crippen molar-refractivity contribution in [2.24, 2.45) is 16.6 Å². The molecular formula is C19H33IN4O2. The number of aliphatic imine (C=N–C) groups is 1. The number of nitrogens with two attached hydrogens (primary N) is 1. The molecule has 0 aromatic heterocycles. The fourth-order valence-corrected chi connectivity index (χ4v) is 2.57. The lowest BCUT2D eigenvalue weighted by Crippen LogP contribution is -2.38. The van der Waals surface area contributed by atoms with Crippen molar-refractivity contribution in [3.05, 3.63) is 29.8 Å². The van der Waals surface area contributed by atoms with Crippen LogP contribution in [0.2, 0.25) is 0 Å². The first-order valence-electron chi connectivity index (χ1n) is 9.19. The zero-order valence-electron chi connectivity index (χ0n) is 15.9. The molecule has 0 saturated carbocycles. The summed E-state index contributed by atoms with van der Waals surface area (Å²) in [6, 6.07) is 8.05. The average Bonchev–Trinajstić information content (AvgIpc) is 2.61. The molecule has 1 aromatic carbocycles. The summed E-state index contributed by atoms with van der Waals surface area (Å²) in [6.45, 7) is 11.0. The van der Waals surface area contributed by atoms with E-state index in [1.807, 2.05) is 24.3 Å². The molecule has 2 rings (SSSR count). The molecule has 1 saturated heterocycles. The molecule has 0 unspecified atom stereocenters. The van der Waals surface area contributed by atoms with Crippen LogP contribution in [0.1, 0.15) is 25.8 Å².